The van der Waals surface area contributed by atoms with E-state index in [1.807, 2.05) is 27.7 Å². The van der Waals surface area contributed by atoms with Gasteiger partial charge >= 0.3 is 0 Å². The van der Waals surface area contributed by atoms with Gasteiger partial charge in [0.15, 0.2) is 0 Å². The van der Waals surface area contributed by atoms with Crippen molar-refractivity contribution >= 4 is 34.4 Å². The number of carbonyl (C=O) groups is 2. The maximum atomic E-state index is 13.6. The number of carbonyl (C=O) groups excluding carboxylic acids is 2. The Morgan fingerprint density at radius 1 is 0.717 bits per heavy atom. The normalized spacial score (nSPS) is 15.7. The fourth-order valence-electron chi connectivity index (χ4n) is 7.15. The number of hydrogen-bond acceptors (Lipinski definition) is 3. The van der Waals surface area contributed by atoms with Crippen LogP contribution in [0.3, 0.4) is 0 Å². The molecule has 0 aromatic carbocycles. The molecule has 2 amide bonds. The molecule has 274 valence electrons. The second-order valence-electron chi connectivity index (χ2n) is 17.7. The van der Waals surface area contributed by atoms with Crippen molar-refractivity contribution in [1.29, 1.82) is 0 Å². The van der Waals surface area contributed by atoms with E-state index in [1.165, 1.54) is 87.9 Å². The van der Waals surface area contributed by atoms with Gasteiger partial charge in [0.25, 0.3) is 0 Å². The second kappa shape index (κ2) is 22.4. The number of aliphatic hydroxyl groups is 1. The van der Waals surface area contributed by atoms with Gasteiger partial charge in [-0.1, -0.05) is 162 Å². The molecule has 0 rings (SSSR count). The summed E-state index contributed by atoms with van der Waals surface area (Å²) in [6.07, 6.45) is 19.6. The van der Waals surface area contributed by atoms with E-state index >= 15 is 0 Å². The largest absolute Gasteiger partial charge is 0.396 e. The fourth-order valence-corrected chi connectivity index (χ4v) is 7.69. The molecule has 0 aliphatic rings. The minimum absolute atomic E-state index is 0.0270. The molecule has 0 fully saturated rings. The summed E-state index contributed by atoms with van der Waals surface area (Å²) in [6.45, 7) is 25.2. The van der Waals surface area contributed by atoms with Crippen LogP contribution in [0, 0.1) is 34.0 Å². The molecule has 4 unspecified atom stereocenters. The summed E-state index contributed by atoms with van der Waals surface area (Å²) >= 11 is 2.48. The van der Waals surface area contributed by atoms with Gasteiger partial charge in [0.2, 0.25) is 11.8 Å². The third kappa shape index (κ3) is 19.0. The second-order valence-corrected chi connectivity index (χ2v) is 18.8. The van der Waals surface area contributed by atoms with Gasteiger partial charge in [-0.3, -0.25) is 9.59 Å². The Morgan fingerprint density at radius 3 is 1.70 bits per heavy atom. The van der Waals surface area contributed by atoms with Crippen molar-refractivity contribution < 1.29 is 14.7 Å². The van der Waals surface area contributed by atoms with Crippen molar-refractivity contribution in [1.82, 2.24) is 10.6 Å². The van der Waals surface area contributed by atoms with Crippen LogP contribution in [0.2, 0.25) is 0 Å². The van der Waals surface area contributed by atoms with Crippen LogP contribution in [0.5, 0.6) is 0 Å². The van der Waals surface area contributed by atoms with Crippen molar-refractivity contribution in [2.24, 2.45) is 34.0 Å². The summed E-state index contributed by atoms with van der Waals surface area (Å²) in [4.78, 5) is 27.2. The Kier molecular flexibility index (Phi) is 22.2. The molecule has 0 aliphatic heterocycles. The SMILES string of the molecule is CCCCCCCCC(CCCCCCCI)C(C)CC(C)NC(=O)C(C)(C)CC(C)(C)C(=O)NC(C)(C)CC(C)C(C)(C)CO. The van der Waals surface area contributed by atoms with E-state index in [0.717, 1.165) is 18.8 Å². The van der Waals surface area contributed by atoms with Crippen LogP contribution < -0.4 is 10.6 Å². The maximum Gasteiger partial charge on any atom is 0.226 e. The highest BCUT2D eigenvalue weighted by atomic mass is 127. The average Bonchev–Trinajstić information content (AvgIpc) is 2.94. The number of unbranched alkanes of at least 4 members (excludes halogenated alkanes) is 9. The Bertz CT molecular complexity index is 822. The third-order valence-electron chi connectivity index (χ3n) is 10.7. The lowest BCUT2D eigenvalue weighted by Crippen LogP contribution is -2.52. The highest BCUT2D eigenvalue weighted by molar-refractivity contribution is 14.1. The number of amides is 2. The minimum Gasteiger partial charge on any atom is -0.396 e. The number of alkyl halides is 1. The van der Waals surface area contributed by atoms with Gasteiger partial charge < -0.3 is 15.7 Å². The van der Waals surface area contributed by atoms with Crippen molar-refractivity contribution in [3.63, 3.8) is 0 Å². The molecule has 0 aromatic heterocycles. The van der Waals surface area contributed by atoms with Crippen molar-refractivity contribution in [2.45, 2.75) is 197 Å². The van der Waals surface area contributed by atoms with Gasteiger partial charge in [-0.05, 0) is 74.1 Å². The van der Waals surface area contributed by atoms with E-state index in [-0.39, 0.29) is 35.8 Å². The molecular weight excluding hydrogens is 683 g/mol. The zero-order valence-corrected chi connectivity index (χ0v) is 34.8. The summed E-state index contributed by atoms with van der Waals surface area (Å²) in [5.41, 5.74) is -2.01. The van der Waals surface area contributed by atoms with Gasteiger partial charge in [-0.15, -0.1) is 0 Å². The Balaban J connectivity index is 5.18. The zero-order valence-electron chi connectivity index (χ0n) is 32.7. The maximum absolute atomic E-state index is 13.6. The molecule has 0 aliphatic carbocycles. The molecule has 4 atom stereocenters. The average molecular weight is 763 g/mol. The number of rotatable bonds is 27. The first-order chi connectivity index (χ1) is 21.2. The van der Waals surface area contributed by atoms with Crippen molar-refractivity contribution in [3.8, 4) is 0 Å². The van der Waals surface area contributed by atoms with Gasteiger partial charge in [0.05, 0.1) is 0 Å². The molecule has 0 radical (unpaired) electrons. The molecule has 0 aromatic rings. The first-order valence-corrected chi connectivity index (χ1v) is 20.6. The first-order valence-electron chi connectivity index (χ1n) is 19.0. The van der Waals surface area contributed by atoms with Gasteiger partial charge in [0.1, 0.15) is 0 Å². The van der Waals surface area contributed by atoms with Gasteiger partial charge in [0, 0.05) is 29.0 Å². The monoisotopic (exact) mass is 763 g/mol. The summed E-state index contributed by atoms with van der Waals surface area (Å²) in [7, 11) is 0. The molecule has 0 heterocycles. The minimum atomic E-state index is -0.705. The van der Waals surface area contributed by atoms with E-state index in [9.17, 15) is 14.7 Å². The van der Waals surface area contributed by atoms with E-state index in [1.54, 1.807) is 0 Å². The van der Waals surface area contributed by atoms with Gasteiger partial charge in [-0.25, -0.2) is 0 Å². The highest BCUT2D eigenvalue weighted by Gasteiger charge is 2.41. The predicted molar refractivity (Wildman–Crippen MR) is 209 cm³/mol. The zero-order chi connectivity index (χ0) is 35.6. The Hall–Kier alpha value is -0.370. The van der Waals surface area contributed by atoms with Crippen LogP contribution >= 0.6 is 22.6 Å². The lowest BCUT2D eigenvalue weighted by molar-refractivity contribution is -0.137. The van der Waals surface area contributed by atoms with E-state index in [0.29, 0.717) is 12.3 Å². The van der Waals surface area contributed by atoms with Crippen molar-refractivity contribution in [3.05, 3.63) is 0 Å². The third-order valence-corrected chi connectivity index (χ3v) is 11.4. The topological polar surface area (TPSA) is 78.4 Å². The molecule has 5 nitrogen and oxygen atoms in total. The molecule has 0 saturated carbocycles. The quantitative estimate of drug-likeness (QED) is 0.0443. The molecule has 0 bridgehead atoms. The number of hydrogen-bond donors (Lipinski definition) is 3. The smallest absolute Gasteiger partial charge is 0.226 e. The van der Waals surface area contributed by atoms with E-state index in [4.69, 9.17) is 0 Å². The number of aliphatic hydroxyl groups excluding tert-OH is 1. The Morgan fingerprint density at radius 2 is 1.20 bits per heavy atom. The van der Waals surface area contributed by atoms with Crippen LogP contribution in [-0.4, -0.2) is 39.5 Å². The molecule has 6 heteroatoms. The van der Waals surface area contributed by atoms with Crippen LogP contribution in [-0.2, 0) is 9.59 Å². The fraction of sp³-hybridized carbons (Fsp3) is 0.950. The first kappa shape index (κ1) is 45.6. The lowest BCUT2D eigenvalue weighted by Gasteiger charge is -2.40. The predicted octanol–water partition coefficient (Wildman–Crippen LogP) is 11.0. The molecule has 3 N–H and O–H groups in total. The molecule has 46 heavy (non-hydrogen) atoms. The summed E-state index contributed by atoms with van der Waals surface area (Å²) in [5.74, 6) is 1.54. The van der Waals surface area contributed by atoms with Crippen LogP contribution in [0.1, 0.15) is 186 Å². The highest BCUT2D eigenvalue weighted by Crippen LogP contribution is 2.37. The van der Waals surface area contributed by atoms with Gasteiger partial charge in [-0.2, -0.15) is 0 Å². The summed E-state index contributed by atoms with van der Waals surface area (Å²) in [6, 6.07) is 0.102. The van der Waals surface area contributed by atoms with Crippen LogP contribution in [0.4, 0.5) is 0 Å². The lowest BCUT2D eigenvalue weighted by atomic mass is 9.72. The molecule has 0 saturated heterocycles. The number of nitrogens with one attached hydrogen (secondary N) is 2. The van der Waals surface area contributed by atoms with Crippen molar-refractivity contribution in [2.75, 3.05) is 11.0 Å². The van der Waals surface area contributed by atoms with E-state index in [2.05, 4.69) is 88.6 Å². The molecular formula is C40H79IN2O3. The summed E-state index contributed by atoms with van der Waals surface area (Å²) < 4.78 is 1.27. The number of halogens is 1. The Labute approximate surface area is 300 Å². The summed E-state index contributed by atoms with van der Waals surface area (Å²) in [5, 5.41) is 16.4. The molecule has 0 spiro atoms. The standard InChI is InChI=1S/C40H79IN2O3/c1-13-14-15-16-18-21-24-34(25-22-19-17-20-23-26-41)31(2)27-33(4)42-35(45)37(5,6)29-38(7,8)36(46)43-40(11,12)28-32(3)39(9,10)30-44/h31-34,44H,13-30H2,1-12H3,(H,42,45)(H,43,46). The van der Waals surface area contributed by atoms with Crippen LogP contribution in [0.15, 0.2) is 0 Å². The van der Waals surface area contributed by atoms with E-state index < -0.39 is 16.4 Å². The van der Waals surface area contributed by atoms with Crippen LogP contribution in [0.25, 0.3) is 0 Å².